The Morgan fingerprint density at radius 1 is 1.42 bits per heavy atom. The molecule has 1 aliphatic heterocycles. The number of nitrogens with zero attached hydrogens (tertiary/aromatic N) is 2. The highest BCUT2D eigenvalue weighted by Crippen LogP contribution is 2.39. The van der Waals surface area contributed by atoms with Crippen molar-refractivity contribution >= 4 is 39.8 Å². The van der Waals surface area contributed by atoms with Crippen molar-refractivity contribution in [1.29, 1.82) is 5.26 Å². The van der Waals surface area contributed by atoms with Crippen LogP contribution in [0.1, 0.15) is 42.2 Å². The maximum Gasteiger partial charge on any atom is 0.355 e. The van der Waals surface area contributed by atoms with Gasteiger partial charge in [0.2, 0.25) is 5.91 Å². The Balaban J connectivity index is 1.60. The summed E-state index contributed by atoms with van der Waals surface area (Å²) < 4.78 is 4.93. The molecule has 0 radical (unpaired) electrons. The molecule has 0 aromatic carbocycles. The van der Waals surface area contributed by atoms with Crippen molar-refractivity contribution in [2.45, 2.75) is 39.0 Å². The molecule has 2 aliphatic rings. The first kappa shape index (κ1) is 18.1. The minimum Gasteiger partial charge on any atom is -0.451 e. The van der Waals surface area contributed by atoms with Gasteiger partial charge in [-0.3, -0.25) is 9.59 Å². The molecule has 8 nitrogen and oxygen atoms in total. The average Bonchev–Trinajstić information content (AvgIpc) is 2.96. The van der Waals surface area contributed by atoms with Crippen LogP contribution in [-0.2, 0) is 32.0 Å². The Morgan fingerprint density at radius 2 is 2.23 bits per heavy atom. The molecule has 2 amide bonds. The Kier molecular flexibility index (Phi) is 5.32. The first-order valence-electron chi connectivity index (χ1n) is 8.35. The van der Waals surface area contributed by atoms with Crippen molar-refractivity contribution < 1.29 is 19.1 Å². The summed E-state index contributed by atoms with van der Waals surface area (Å²) in [7, 11) is 0. The summed E-state index contributed by atoms with van der Waals surface area (Å²) in [4.78, 5) is 36.1. The van der Waals surface area contributed by atoms with Crippen molar-refractivity contribution in [2.75, 3.05) is 11.9 Å². The Hall–Kier alpha value is -2.73. The van der Waals surface area contributed by atoms with E-state index in [2.05, 4.69) is 28.8 Å². The number of esters is 1. The second-order valence-corrected chi connectivity index (χ2v) is 7.49. The van der Waals surface area contributed by atoms with E-state index in [4.69, 9.17) is 4.74 Å². The minimum absolute atomic E-state index is 0.0793. The van der Waals surface area contributed by atoms with Gasteiger partial charge in [-0.2, -0.15) is 10.4 Å². The monoisotopic (exact) mass is 374 g/mol. The molecule has 0 bridgehead atoms. The van der Waals surface area contributed by atoms with Crippen molar-refractivity contribution in [3.05, 3.63) is 16.0 Å². The van der Waals surface area contributed by atoms with E-state index in [0.717, 1.165) is 29.7 Å². The third-order valence-electron chi connectivity index (χ3n) is 4.35. The van der Waals surface area contributed by atoms with E-state index in [-0.39, 0.29) is 24.5 Å². The summed E-state index contributed by atoms with van der Waals surface area (Å²) in [5.74, 6) is -0.949. The highest BCUT2D eigenvalue weighted by molar-refractivity contribution is 7.16. The maximum absolute atomic E-state index is 12.1. The number of amides is 2. The summed E-state index contributed by atoms with van der Waals surface area (Å²) >= 11 is 1.42. The van der Waals surface area contributed by atoms with E-state index >= 15 is 0 Å². The fraction of sp³-hybridized carbons (Fsp3) is 0.471. The van der Waals surface area contributed by atoms with Crippen LogP contribution >= 0.6 is 11.3 Å². The molecule has 3 rings (SSSR count). The van der Waals surface area contributed by atoms with E-state index in [1.165, 1.54) is 11.3 Å². The Morgan fingerprint density at radius 3 is 2.92 bits per heavy atom. The fourth-order valence-corrected chi connectivity index (χ4v) is 4.33. The molecular formula is C17H18N4O4S. The molecule has 1 unspecified atom stereocenters. The third-order valence-corrected chi connectivity index (χ3v) is 5.52. The topological polar surface area (TPSA) is 121 Å². The Bertz CT molecular complexity index is 837. The molecule has 1 atom stereocenters. The van der Waals surface area contributed by atoms with Crippen LogP contribution < -0.4 is 10.7 Å². The molecule has 1 aliphatic carbocycles. The van der Waals surface area contributed by atoms with Gasteiger partial charge in [-0.15, -0.1) is 11.3 Å². The molecule has 136 valence electrons. The molecule has 2 N–H and O–H groups in total. The lowest BCUT2D eigenvalue weighted by atomic mass is 9.89. The van der Waals surface area contributed by atoms with E-state index in [9.17, 15) is 19.6 Å². The predicted molar refractivity (Wildman–Crippen MR) is 94.6 cm³/mol. The van der Waals surface area contributed by atoms with Gasteiger partial charge in [0.15, 0.2) is 6.61 Å². The standard InChI is InChI=1S/C17H18N4O4S/c1-9-2-3-10-11(7-18)16(26-13(10)6-9)19-15(23)8-25-17(24)12-4-5-14(22)21-20-12/h9H,2-6,8H2,1H3,(H,19,23)(H,21,22). The van der Waals surface area contributed by atoms with Crippen LogP contribution in [0.4, 0.5) is 5.00 Å². The van der Waals surface area contributed by atoms with Crippen molar-refractivity contribution in [1.82, 2.24) is 5.43 Å². The number of anilines is 1. The number of thiophene rings is 1. The van der Waals surface area contributed by atoms with Gasteiger partial charge in [0.1, 0.15) is 16.8 Å². The number of rotatable bonds is 4. The minimum atomic E-state index is -0.736. The van der Waals surface area contributed by atoms with Crippen LogP contribution in [0.3, 0.4) is 0 Å². The summed E-state index contributed by atoms with van der Waals surface area (Å²) in [6.45, 7) is 1.69. The smallest absolute Gasteiger partial charge is 0.355 e. The van der Waals surface area contributed by atoms with E-state index in [1.807, 2.05) is 0 Å². The van der Waals surface area contributed by atoms with Gasteiger partial charge in [-0.25, -0.2) is 10.2 Å². The van der Waals surface area contributed by atoms with Gasteiger partial charge in [-0.1, -0.05) is 6.92 Å². The second kappa shape index (κ2) is 7.66. The van der Waals surface area contributed by atoms with Crippen molar-refractivity contribution in [2.24, 2.45) is 11.0 Å². The van der Waals surface area contributed by atoms with Crippen LogP contribution in [0.15, 0.2) is 5.10 Å². The maximum atomic E-state index is 12.1. The van der Waals surface area contributed by atoms with Gasteiger partial charge < -0.3 is 10.1 Å². The van der Waals surface area contributed by atoms with Crippen LogP contribution in [0, 0.1) is 17.2 Å². The molecule has 1 aromatic heterocycles. The Labute approximate surface area is 154 Å². The number of nitrogens with one attached hydrogen (secondary N) is 2. The number of carbonyl (C=O) groups excluding carboxylic acids is 3. The number of ether oxygens (including phenoxy) is 1. The summed E-state index contributed by atoms with van der Waals surface area (Å²) in [6.07, 6.45) is 3.12. The van der Waals surface area contributed by atoms with Crippen molar-refractivity contribution in [3.8, 4) is 6.07 Å². The van der Waals surface area contributed by atoms with Crippen molar-refractivity contribution in [3.63, 3.8) is 0 Å². The largest absolute Gasteiger partial charge is 0.451 e. The van der Waals surface area contributed by atoms with Gasteiger partial charge in [0, 0.05) is 17.7 Å². The van der Waals surface area contributed by atoms with Gasteiger partial charge in [0.05, 0.1) is 5.56 Å². The molecule has 0 fully saturated rings. The van der Waals surface area contributed by atoms with Crippen LogP contribution in [0.25, 0.3) is 0 Å². The number of hydrazone groups is 1. The van der Waals surface area contributed by atoms with Gasteiger partial charge in [-0.05, 0) is 30.7 Å². The molecule has 2 heterocycles. The lowest BCUT2D eigenvalue weighted by molar-refractivity contribution is -0.140. The number of carbonyl (C=O) groups is 3. The summed E-state index contributed by atoms with van der Waals surface area (Å²) in [6, 6.07) is 2.17. The molecular weight excluding hydrogens is 356 g/mol. The lowest BCUT2D eigenvalue weighted by Crippen LogP contribution is -2.32. The summed E-state index contributed by atoms with van der Waals surface area (Å²) in [5.41, 5.74) is 3.81. The molecule has 9 heteroatoms. The molecule has 1 aromatic rings. The highest BCUT2D eigenvalue weighted by atomic mass is 32.1. The molecule has 0 spiro atoms. The third kappa shape index (κ3) is 3.91. The number of nitriles is 1. The lowest BCUT2D eigenvalue weighted by Gasteiger charge is -2.17. The zero-order valence-corrected chi connectivity index (χ0v) is 15.1. The first-order chi connectivity index (χ1) is 12.5. The zero-order valence-electron chi connectivity index (χ0n) is 14.3. The van der Waals surface area contributed by atoms with E-state index < -0.39 is 18.5 Å². The normalized spacial score (nSPS) is 18.8. The fourth-order valence-electron chi connectivity index (χ4n) is 2.96. The first-order valence-corrected chi connectivity index (χ1v) is 9.16. The number of hydrogen-bond acceptors (Lipinski definition) is 7. The zero-order chi connectivity index (χ0) is 18.7. The number of fused-ring (bicyclic) bond motifs is 1. The number of hydrogen-bond donors (Lipinski definition) is 2. The van der Waals surface area contributed by atoms with Gasteiger partial charge >= 0.3 is 5.97 Å². The van der Waals surface area contributed by atoms with Gasteiger partial charge in [0.25, 0.3) is 5.91 Å². The van der Waals surface area contributed by atoms with Crippen LogP contribution in [-0.4, -0.2) is 30.1 Å². The second-order valence-electron chi connectivity index (χ2n) is 6.39. The molecule has 26 heavy (non-hydrogen) atoms. The molecule has 0 saturated heterocycles. The van der Waals surface area contributed by atoms with E-state index in [0.29, 0.717) is 16.5 Å². The predicted octanol–water partition coefficient (Wildman–Crippen LogP) is 1.49. The molecule has 0 saturated carbocycles. The quantitative estimate of drug-likeness (QED) is 0.774. The highest BCUT2D eigenvalue weighted by Gasteiger charge is 2.25. The SMILES string of the molecule is CC1CCc2c(sc(NC(=O)COC(=O)C3=NNC(=O)CC3)c2C#N)C1. The van der Waals surface area contributed by atoms with Crippen LogP contribution in [0.5, 0.6) is 0 Å². The summed E-state index contributed by atoms with van der Waals surface area (Å²) in [5, 5.41) is 16.2. The van der Waals surface area contributed by atoms with Crippen LogP contribution in [0.2, 0.25) is 0 Å². The average molecular weight is 374 g/mol. The van der Waals surface area contributed by atoms with E-state index in [1.54, 1.807) is 0 Å².